The van der Waals surface area contributed by atoms with Gasteiger partial charge in [0.25, 0.3) is 0 Å². The summed E-state index contributed by atoms with van der Waals surface area (Å²) in [6, 6.07) is 10.5. The summed E-state index contributed by atoms with van der Waals surface area (Å²) < 4.78 is 91.5. The number of hydrogen-bond donors (Lipinski definition) is 6. The molecule has 668 valence electrons. The van der Waals surface area contributed by atoms with Gasteiger partial charge in [-0.15, -0.1) is 0 Å². The van der Waals surface area contributed by atoms with E-state index >= 15 is 8.78 Å². The minimum absolute atomic E-state index is 0.0467. The average molecular weight is 1810 g/mol. The molecule has 6 fully saturated rings. The number of benzene rings is 3. The molecule has 126 heavy (non-hydrogen) atoms. The van der Waals surface area contributed by atoms with Crippen LogP contribution in [-0.2, 0) is 38.1 Å². The topological polar surface area (TPSA) is 374 Å². The number of carbonyl (C=O) groups excluding carboxylic acids is 3. The van der Waals surface area contributed by atoms with Crippen LogP contribution in [0.2, 0.25) is 20.1 Å². The maximum absolute atomic E-state index is 15.5. The number of amides is 3. The van der Waals surface area contributed by atoms with Crippen LogP contribution < -0.4 is 75.0 Å². The van der Waals surface area contributed by atoms with Crippen molar-refractivity contribution < 1.29 is 75.3 Å². The molecule has 6 aliphatic heterocycles. The average Bonchev–Trinajstić information content (AvgIpc) is 0.766. The smallest absolute Gasteiger partial charge is 0.243 e. The predicted octanol–water partition coefficient (Wildman–Crippen LogP) is 12.6. The van der Waals surface area contributed by atoms with Crippen molar-refractivity contribution in [2.75, 3.05) is 166 Å². The summed E-state index contributed by atoms with van der Waals surface area (Å²) in [7, 11) is 12.1. The van der Waals surface area contributed by atoms with Gasteiger partial charge in [-0.1, -0.05) is 66.1 Å². The fourth-order valence-corrected chi connectivity index (χ4v) is 16.9. The van der Waals surface area contributed by atoms with Crippen LogP contribution in [0.4, 0.5) is 44.1 Å². The molecule has 6 saturated heterocycles. The molecule has 3 amide bonds. The number of methoxy groups -OCH3 is 8. The lowest BCUT2D eigenvalue weighted by molar-refractivity contribution is -0.118. The molecule has 6 N–H and O–H groups in total. The Balaban J connectivity index is 0.000000162. The molecule has 39 heteroatoms. The highest BCUT2D eigenvalue weighted by Crippen LogP contribution is 2.50. The van der Waals surface area contributed by atoms with E-state index in [-0.39, 0.29) is 87.9 Å². The summed E-state index contributed by atoms with van der Waals surface area (Å²) >= 11 is 27.1. The zero-order valence-corrected chi connectivity index (χ0v) is 74.6. The predicted molar refractivity (Wildman–Crippen MR) is 478 cm³/mol. The number of piperidine rings is 3. The molecule has 6 atom stereocenters. The number of nitriles is 1. The summed E-state index contributed by atoms with van der Waals surface area (Å²) in [6.45, 7) is 22.6. The van der Waals surface area contributed by atoms with Gasteiger partial charge in [-0.2, -0.15) is 5.26 Å². The number of pyridine rings is 3. The Bertz CT molecular complexity index is 5340. The second kappa shape index (κ2) is 40.1. The standard InChI is InChI=1S/C29H31Cl2N7O4.C29H34Cl2N6O5.C29H34F2N6O5/c1-5-22(39)34-18-13-42-14-19(18)36-28-33-12-16-10-17(23-24(30)20(40-3)11-21(41-4)25(23)31)35-27(26(16)37-28)38-8-6-29(2,15-32)7-9-38;2*1-6-22(38)33-18-14-42-15-19(18)35-28-32-13-16-11-17(23-24(30)20(39-3)12-21(40-4)25(23)31)34-27(26(16)36-28)37-9-7-29(2,41-5)8-10-37/h5,10-12,18-19H,1,6-9,13-14H2,2-4H3,(H,34,39)(H,33,36,37);2*6,11-13,18-19H,1,7-10,14-15H2,2-5H3,(H,33,38)(H,32,35,36)/t3*18-,19+/m000/s1. The molecule has 0 bridgehead atoms. The first-order valence-corrected chi connectivity index (χ1v) is 42.0. The lowest BCUT2D eigenvalue weighted by Crippen LogP contribution is -2.45. The van der Waals surface area contributed by atoms with Crippen molar-refractivity contribution in [3.05, 3.63) is 125 Å². The molecule has 6 aliphatic rings. The van der Waals surface area contributed by atoms with Crippen molar-refractivity contribution in [3.63, 3.8) is 0 Å². The number of rotatable bonds is 26. The van der Waals surface area contributed by atoms with Gasteiger partial charge in [0.1, 0.15) is 39.5 Å². The van der Waals surface area contributed by atoms with Gasteiger partial charge in [-0.3, -0.25) is 14.4 Å². The third-order valence-electron chi connectivity index (χ3n) is 23.5. The zero-order chi connectivity index (χ0) is 90.1. The van der Waals surface area contributed by atoms with Crippen molar-refractivity contribution in [2.45, 2.75) is 107 Å². The van der Waals surface area contributed by atoms with Crippen molar-refractivity contribution in [1.82, 2.24) is 60.8 Å². The first kappa shape index (κ1) is 92.3. The van der Waals surface area contributed by atoms with Crippen molar-refractivity contribution in [1.29, 1.82) is 5.26 Å². The summed E-state index contributed by atoms with van der Waals surface area (Å²) in [6.07, 6.45) is 13.1. The monoisotopic (exact) mass is 1810 g/mol. The maximum atomic E-state index is 15.5. The third kappa shape index (κ3) is 20.1. The Morgan fingerprint density at radius 2 is 0.698 bits per heavy atom. The molecular weight excluding hydrogens is 1710 g/mol. The number of nitrogens with zero attached hydrogens (tertiary/aromatic N) is 13. The molecular formula is C87H99Cl4F2N19O14. The molecule has 0 saturated carbocycles. The van der Waals surface area contributed by atoms with Gasteiger partial charge in [-0.05, 0) is 95.7 Å². The van der Waals surface area contributed by atoms with Crippen LogP contribution >= 0.6 is 46.4 Å². The highest BCUT2D eigenvalue weighted by atomic mass is 35.5. The lowest BCUT2D eigenvalue weighted by atomic mass is 9.82. The highest BCUT2D eigenvalue weighted by Gasteiger charge is 2.39. The van der Waals surface area contributed by atoms with E-state index < -0.39 is 17.0 Å². The first-order chi connectivity index (χ1) is 60.6. The second-order valence-corrected chi connectivity index (χ2v) is 33.0. The van der Waals surface area contributed by atoms with Gasteiger partial charge in [0, 0.05) is 118 Å². The second-order valence-electron chi connectivity index (χ2n) is 31.5. The largest absolute Gasteiger partial charge is 0.495 e. The first-order valence-electron chi connectivity index (χ1n) is 40.5. The van der Waals surface area contributed by atoms with E-state index in [0.717, 1.165) is 24.3 Å². The summed E-state index contributed by atoms with van der Waals surface area (Å²) in [5.74, 6) is 1.41. The highest BCUT2D eigenvalue weighted by molar-refractivity contribution is 6.42. The maximum Gasteiger partial charge on any atom is 0.243 e. The molecule has 9 aromatic rings. The van der Waals surface area contributed by atoms with E-state index in [1.807, 2.05) is 24.0 Å². The summed E-state index contributed by atoms with van der Waals surface area (Å²) in [5, 5.41) is 31.4. The van der Waals surface area contributed by atoms with Crippen LogP contribution in [0.1, 0.15) is 59.3 Å². The van der Waals surface area contributed by atoms with Crippen LogP contribution in [0, 0.1) is 28.4 Å². The number of fused-ring (bicyclic) bond motifs is 3. The van der Waals surface area contributed by atoms with Crippen LogP contribution in [0.25, 0.3) is 66.5 Å². The quantitative estimate of drug-likeness (QED) is 0.0274. The van der Waals surface area contributed by atoms with Gasteiger partial charge in [0.05, 0.1) is 184 Å². The van der Waals surface area contributed by atoms with E-state index in [1.54, 1.807) is 44.9 Å². The van der Waals surface area contributed by atoms with Gasteiger partial charge in [0.15, 0.2) is 40.6 Å². The number of anilines is 6. The number of carbonyl (C=O) groups is 3. The van der Waals surface area contributed by atoms with Crippen molar-refractivity contribution >= 4 is 132 Å². The van der Waals surface area contributed by atoms with Crippen LogP contribution in [0.3, 0.4) is 0 Å². The normalized spacial score (nSPS) is 19.8. The van der Waals surface area contributed by atoms with Crippen LogP contribution in [0.15, 0.2) is 93.0 Å². The van der Waals surface area contributed by atoms with Gasteiger partial charge < -0.3 is 98.7 Å². The number of aromatic nitrogens is 9. The van der Waals surface area contributed by atoms with Gasteiger partial charge in [-0.25, -0.2) is 53.6 Å². The molecule has 15 rings (SSSR count). The molecule has 0 spiro atoms. The third-order valence-corrected chi connectivity index (χ3v) is 25.0. The van der Waals surface area contributed by atoms with Crippen LogP contribution in [-0.4, -0.2) is 246 Å². The van der Waals surface area contributed by atoms with E-state index in [4.69, 9.17) is 128 Å². The molecule has 12 heterocycles. The fourth-order valence-electron chi connectivity index (χ4n) is 15.5. The minimum Gasteiger partial charge on any atom is -0.495 e. The fraction of sp³-hybridized carbons (Fsp3) is 0.437. The summed E-state index contributed by atoms with van der Waals surface area (Å²) in [5.41, 5.74) is 2.50. The van der Waals surface area contributed by atoms with Crippen molar-refractivity contribution in [2.24, 2.45) is 5.41 Å². The Hall–Kier alpha value is -11.3. The van der Waals surface area contributed by atoms with Gasteiger partial charge >= 0.3 is 0 Å². The molecule has 0 radical (unpaired) electrons. The van der Waals surface area contributed by atoms with E-state index in [0.29, 0.717) is 233 Å². The Kier molecular flexibility index (Phi) is 29.4. The molecule has 0 aliphatic carbocycles. The van der Waals surface area contributed by atoms with Gasteiger partial charge in [0.2, 0.25) is 35.6 Å². The molecule has 0 unspecified atom stereocenters. The van der Waals surface area contributed by atoms with Crippen LogP contribution in [0.5, 0.6) is 34.5 Å². The number of halogens is 6. The Labute approximate surface area is 746 Å². The summed E-state index contributed by atoms with van der Waals surface area (Å²) in [4.78, 5) is 85.0. The number of ether oxygens (including phenoxy) is 11. The Morgan fingerprint density at radius 3 is 0.968 bits per heavy atom. The van der Waals surface area contributed by atoms with Crippen molar-refractivity contribution in [3.8, 4) is 74.3 Å². The lowest BCUT2D eigenvalue weighted by Gasteiger charge is -2.39. The van der Waals surface area contributed by atoms with E-state index in [2.05, 4.69) is 96.3 Å². The minimum atomic E-state index is -0.896. The number of nitrogens with one attached hydrogen (secondary N) is 6. The molecule has 3 aromatic carbocycles. The van der Waals surface area contributed by atoms with E-state index in [9.17, 15) is 19.6 Å². The van der Waals surface area contributed by atoms with E-state index in [1.165, 1.54) is 67.0 Å². The number of hydrogen-bond acceptors (Lipinski definition) is 30. The molecule has 33 nitrogen and oxygen atoms in total. The SMILES string of the molecule is C=CC(=O)N[C@H]1COC[C@H]1Nc1ncc2cc(-c3c(Cl)c(OC)cc(OC)c3Cl)nc(N3CCC(C)(C#N)CC3)c2n1.C=CC(=O)N[C@H]1COC[C@H]1Nc1ncc2cc(-c3c(Cl)c(OC)cc(OC)c3Cl)nc(N3CCC(C)(OC)CC3)c2n1.C=CC(=O)N[C@H]1COC[C@H]1Nc1ncc2cc(-c3c(F)c(OC)cc(OC)c3F)nc(N3CCC(C)(OC)CC3)c2n1. The molecule has 6 aromatic heterocycles. The Morgan fingerprint density at radius 1 is 0.429 bits per heavy atom. The zero-order valence-electron chi connectivity index (χ0n) is 71.5.